The van der Waals surface area contributed by atoms with Crippen LogP contribution in [0.25, 0.3) is 0 Å². The second-order valence-corrected chi connectivity index (χ2v) is 3.85. The molecule has 1 amide bonds. The third kappa shape index (κ3) is 2.21. The molecule has 13 heavy (non-hydrogen) atoms. The molecular formula is C10H16N2O. The van der Waals surface area contributed by atoms with Crippen molar-refractivity contribution in [2.24, 2.45) is 5.92 Å². The van der Waals surface area contributed by atoms with E-state index in [1.54, 1.807) is 4.90 Å². The van der Waals surface area contributed by atoms with Crippen LogP contribution in [0.4, 0.5) is 0 Å². The maximum absolute atomic E-state index is 11.7. The highest BCUT2D eigenvalue weighted by atomic mass is 16.2. The lowest BCUT2D eigenvalue weighted by molar-refractivity contribution is -0.139. The Morgan fingerprint density at radius 2 is 2.23 bits per heavy atom. The van der Waals surface area contributed by atoms with Gasteiger partial charge in [0.05, 0.1) is 6.07 Å². The molecule has 3 nitrogen and oxygen atoms in total. The van der Waals surface area contributed by atoms with Crippen molar-refractivity contribution in [1.82, 2.24) is 4.90 Å². The van der Waals surface area contributed by atoms with E-state index in [-0.39, 0.29) is 24.4 Å². The van der Waals surface area contributed by atoms with Gasteiger partial charge in [0.15, 0.2) is 0 Å². The van der Waals surface area contributed by atoms with E-state index in [2.05, 4.69) is 0 Å². The van der Waals surface area contributed by atoms with E-state index in [1.807, 2.05) is 19.9 Å². The molecule has 0 unspecified atom stereocenters. The zero-order chi connectivity index (χ0) is 9.84. The van der Waals surface area contributed by atoms with Crippen LogP contribution in [-0.4, -0.2) is 23.4 Å². The van der Waals surface area contributed by atoms with Gasteiger partial charge in [0.1, 0.15) is 6.54 Å². The van der Waals surface area contributed by atoms with Crippen LogP contribution in [0.3, 0.4) is 0 Å². The summed E-state index contributed by atoms with van der Waals surface area (Å²) in [7, 11) is 0. The predicted molar refractivity (Wildman–Crippen MR) is 49.8 cm³/mol. The van der Waals surface area contributed by atoms with Crippen LogP contribution < -0.4 is 0 Å². The number of carbonyl (C=O) groups is 1. The second kappa shape index (κ2) is 4.27. The van der Waals surface area contributed by atoms with E-state index in [0.29, 0.717) is 0 Å². The fourth-order valence-electron chi connectivity index (χ4n) is 1.48. The average Bonchev–Trinajstić information content (AvgIpc) is 1.95. The number of amides is 1. The van der Waals surface area contributed by atoms with Crippen LogP contribution >= 0.6 is 0 Å². The lowest BCUT2D eigenvalue weighted by Crippen LogP contribution is -2.43. The third-order valence-electron chi connectivity index (χ3n) is 2.60. The van der Waals surface area contributed by atoms with Crippen molar-refractivity contribution >= 4 is 5.91 Å². The van der Waals surface area contributed by atoms with E-state index in [9.17, 15) is 4.79 Å². The van der Waals surface area contributed by atoms with Gasteiger partial charge in [-0.05, 0) is 26.7 Å². The molecule has 1 fully saturated rings. The van der Waals surface area contributed by atoms with Crippen molar-refractivity contribution in [3.8, 4) is 6.07 Å². The summed E-state index contributed by atoms with van der Waals surface area (Å²) in [5, 5.41) is 8.56. The number of nitriles is 1. The molecule has 1 aliphatic carbocycles. The number of rotatable bonds is 3. The van der Waals surface area contributed by atoms with Crippen LogP contribution in [0.2, 0.25) is 0 Å². The molecular weight excluding hydrogens is 164 g/mol. The Hall–Kier alpha value is -1.04. The minimum absolute atomic E-state index is 0.146. The molecule has 0 saturated heterocycles. The Morgan fingerprint density at radius 1 is 1.62 bits per heavy atom. The number of hydrogen-bond donors (Lipinski definition) is 0. The summed E-state index contributed by atoms with van der Waals surface area (Å²) in [5.74, 6) is 0.374. The molecule has 0 bridgehead atoms. The Morgan fingerprint density at radius 3 is 2.54 bits per heavy atom. The van der Waals surface area contributed by atoms with Crippen molar-refractivity contribution in [3.63, 3.8) is 0 Å². The van der Waals surface area contributed by atoms with Gasteiger partial charge in [0.25, 0.3) is 0 Å². The first kappa shape index (κ1) is 10.0. The highest BCUT2D eigenvalue weighted by Gasteiger charge is 2.30. The molecule has 0 N–H and O–H groups in total. The number of nitrogens with zero attached hydrogens (tertiary/aromatic N) is 2. The third-order valence-corrected chi connectivity index (χ3v) is 2.60. The van der Waals surface area contributed by atoms with Gasteiger partial charge in [-0.1, -0.05) is 6.42 Å². The first-order valence-electron chi connectivity index (χ1n) is 4.84. The zero-order valence-corrected chi connectivity index (χ0v) is 8.29. The fourth-order valence-corrected chi connectivity index (χ4v) is 1.48. The zero-order valence-electron chi connectivity index (χ0n) is 8.29. The van der Waals surface area contributed by atoms with Gasteiger partial charge < -0.3 is 4.90 Å². The maximum atomic E-state index is 11.7. The van der Waals surface area contributed by atoms with Crippen LogP contribution in [0.15, 0.2) is 0 Å². The van der Waals surface area contributed by atoms with Crippen LogP contribution in [0, 0.1) is 17.2 Å². The summed E-state index contributed by atoms with van der Waals surface area (Å²) in [5.41, 5.74) is 0. The number of carbonyl (C=O) groups excluding carboxylic acids is 1. The Labute approximate surface area is 79.3 Å². The summed E-state index contributed by atoms with van der Waals surface area (Å²) in [6.45, 7) is 4.13. The summed E-state index contributed by atoms with van der Waals surface area (Å²) in [4.78, 5) is 13.4. The standard InChI is InChI=1S/C10H16N2O/c1-8(2)12(7-6-11)10(13)9-4-3-5-9/h8-9H,3-5,7H2,1-2H3. The molecule has 1 rings (SSSR count). The van der Waals surface area contributed by atoms with Gasteiger partial charge in [-0.3, -0.25) is 4.79 Å². The summed E-state index contributed by atoms with van der Waals surface area (Å²) in [6.07, 6.45) is 3.18. The Balaban J connectivity index is 2.53. The van der Waals surface area contributed by atoms with E-state index in [4.69, 9.17) is 5.26 Å². The Kier molecular flexibility index (Phi) is 3.30. The van der Waals surface area contributed by atoms with Gasteiger partial charge >= 0.3 is 0 Å². The molecule has 0 spiro atoms. The molecule has 0 aromatic rings. The first-order chi connectivity index (χ1) is 6.16. The van der Waals surface area contributed by atoms with Crippen LogP contribution in [0.5, 0.6) is 0 Å². The molecule has 0 aromatic carbocycles. The summed E-state index contributed by atoms with van der Waals surface area (Å²) < 4.78 is 0. The SMILES string of the molecule is CC(C)N(CC#N)C(=O)C1CCC1. The van der Waals surface area contributed by atoms with Crippen molar-refractivity contribution in [2.75, 3.05) is 6.54 Å². The maximum Gasteiger partial charge on any atom is 0.226 e. The molecule has 0 heterocycles. The molecule has 72 valence electrons. The van der Waals surface area contributed by atoms with E-state index >= 15 is 0 Å². The van der Waals surface area contributed by atoms with Crippen LogP contribution in [0.1, 0.15) is 33.1 Å². The largest absolute Gasteiger partial charge is 0.327 e. The molecule has 1 saturated carbocycles. The molecule has 0 aliphatic heterocycles. The first-order valence-corrected chi connectivity index (χ1v) is 4.84. The molecule has 0 radical (unpaired) electrons. The number of hydrogen-bond acceptors (Lipinski definition) is 2. The monoisotopic (exact) mass is 180 g/mol. The van der Waals surface area contributed by atoms with E-state index in [0.717, 1.165) is 19.3 Å². The molecule has 0 atom stereocenters. The lowest BCUT2D eigenvalue weighted by Gasteiger charge is -2.32. The molecule has 3 heteroatoms. The van der Waals surface area contributed by atoms with Gasteiger partial charge in [-0.15, -0.1) is 0 Å². The van der Waals surface area contributed by atoms with Crippen molar-refractivity contribution in [2.45, 2.75) is 39.2 Å². The van der Waals surface area contributed by atoms with Crippen molar-refractivity contribution in [1.29, 1.82) is 5.26 Å². The van der Waals surface area contributed by atoms with Gasteiger partial charge in [0, 0.05) is 12.0 Å². The topological polar surface area (TPSA) is 44.1 Å². The normalized spacial score (nSPS) is 16.5. The van der Waals surface area contributed by atoms with E-state index in [1.165, 1.54) is 0 Å². The second-order valence-electron chi connectivity index (χ2n) is 3.85. The average molecular weight is 180 g/mol. The van der Waals surface area contributed by atoms with Gasteiger partial charge in [-0.25, -0.2) is 0 Å². The highest BCUT2D eigenvalue weighted by molar-refractivity contribution is 5.80. The Bertz CT molecular complexity index is 226. The molecule has 0 aromatic heterocycles. The quantitative estimate of drug-likeness (QED) is 0.618. The minimum atomic E-state index is 0.146. The lowest BCUT2D eigenvalue weighted by atomic mass is 9.84. The van der Waals surface area contributed by atoms with Gasteiger partial charge in [-0.2, -0.15) is 5.26 Å². The van der Waals surface area contributed by atoms with Crippen LogP contribution in [-0.2, 0) is 4.79 Å². The summed E-state index contributed by atoms with van der Waals surface area (Å²) in [6, 6.07) is 2.18. The minimum Gasteiger partial charge on any atom is -0.327 e. The predicted octanol–water partition coefficient (Wildman–Crippen LogP) is 1.55. The molecule has 1 aliphatic rings. The van der Waals surface area contributed by atoms with Crippen molar-refractivity contribution < 1.29 is 4.79 Å². The van der Waals surface area contributed by atoms with Crippen molar-refractivity contribution in [3.05, 3.63) is 0 Å². The van der Waals surface area contributed by atoms with E-state index < -0.39 is 0 Å². The highest BCUT2D eigenvalue weighted by Crippen LogP contribution is 2.28. The van der Waals surface area contributed by atoms with Gasteiger partial charge in [0.2, 0.25) is 5.91 Å². The smallest absolute Gasteiger partial charge is 0.226 e. The fraction of sp³-hybridized carbons (Fsp3) is 0.800. The summed E-state index contributed by atoms with van der Waals surface area (Å²) >= 11 is 0.